The molecular weight excluding hydrogens is 238 g/mol. The number of aromatic nitrogens is 3. The number of ether oxygens (including phenoxy) is 1. The van der Waals surface area contributed by atoms with Crippen molar-refractivity contribution in [3.63, 3.8) is 0 Å². The van der Waals surface area contributed by atoms with Crippen LogP contribution >= 0.6 is 0 Å². The molecule has 0 aliphatic heterocycles. The van der Waals surface area contributed by atoms with E-state index in [0.29, 0.717) is 5.41 Å². The quantitative estimate of drug-likeness (QED) is 0.758. The molecule has 1 heterocycles. The van der Waals surface area contributed by atoms with E-state index in [9.17, 15) is 0 Å². The maximum absolute atomic E-state index is 6.12. The fourth-order valence-electron chi connectivity index (χ4n) is 1.81. The third kappa shape index (κ3) is 6.19. The van der Waals surface area contributed by atoms with Gasteiger partial charge in [-0.15, -0.1) is 5.10 Å². The number of hydrogen-bond donors (Lipinski definition) is 0. The normalized spacial score (nSPS) is 15.5. The molecule has 1 unspecified atom stereocenters. The zero-order chi connectivity index (χ0) is 14.5. The summed E-state index contributed by atoms with van der Waals surface area (Å²) in [7, 11) is 0. The van der Waals surface area contributed by atoms with E-state index in [1.807, 2.05) is 17.8 Å². The molecular formula is C15H29N3O. The third-order valence-electron chi connectivity index (χ3n) is 3.57. The van der Waals surface area contributed by atoms with Gasteiger partial charge in [0, 0.05) is 19.3 Å². The Hall–Kier alpha value is -0.900. The summed E-state index contributed by atoms with van der Waals surface area (Å²) in [6, 6.07) is 0. The molecule has 0 aliphatic carbocycles. The smallest absolute Gasteiger partial charge is 0.0796 e. The monoisotopic (exact) mass is 267 g/mol. The first-order valence-corrected chi connectivity index (χ1v) is 7.25. The highest BCUT2D eigenvalue weighted by atomic mass is 16.5. The van der Waals surface area contributed by atoms with Gasteiger partial charge in [0.1, 0.15) is 0 Å². The third-order valence-corrected chi connectivity index (χ3v) is 3.57. The predicted molar refractivity (Wildman–Crippen MR) is 78.1 cm³/mol. The number of aryl methyl sites for hydroxylation is 2. The number of hydrogen-bond acceptors (Lipinski definition) is 3. The van der Waals surface area contributed by atoms with E-state index < -0.39 is 0 Å². The first kappa shape index (κ1) is 16.2. The van der Waals surface area contributed by atoms with Crippen LogP contribution in [0.3, 0.4) is 0 Å². The highest BCUT2D eigenvalue weighted by Crippen LogP contribution is 2.24. The molecule has 0 saturated heterocycles. The highest BCUT2D eigenvalue weighted by Gasteiger charge is 2.23. The highest BCUT2D eigenvalue weighted by molar-refractivity contribution is 4.87. The van der Waals surface area contributed by atoms with Gasteiger partial charge in [0.05, 0.1) is 11.3 Å². The Kier molecular flexibility index (Phi) is 5.53. The maximum Gasteiger partial charge on any atom is 0.0796 e. The fraction of sp³-hybridized carbons (Fsp3) is 0.867. The lowest BCUT2D eigenvalue weighted by molar-refractivity contribution is -0.0518. The lowest BCUT2D eigenvalue weighted by atomic mass is 9.92. The molecule has 0 spiro atoms. The molecule has 1 atom stereocenters. The minimum Gasteiger partial charge on any atom is -0.375 e. The van der Waals surface area contributed by atoms with Crippen LogP contribution in [0.5, 0.6) is 0 Å². The van der Waals surface area contributed by atoms with Gasteiger partial charge in [-0.1, -0.05) is 32.9 Å². The van der Waals surface area contributed by atoms with E-state index in [1.165, 1.54) is 0 Å². The van der Waals surface area contributed by atoms with Gasteiger partial charge in [0.15, 0.2) is 0 Å². The Morgan fingerprint density at radius 1 is 1.21 bits per heavy atom. The van der Waals surface area contributed by atoms with Gasteiger partial charge < -0.3 is 4.74 Å². The fourth-order valence-corrected chi connectivity index (χ4v) is 1.81. The molecule has 0 bridgehead atoms. The van der Waals surface area contributed by atoms with Crippen LogP contribution in [0.15, 0.2) is 6.20 Å². The molecule has 4 nitrogen and oxygen atoms in total. The van der Waals surface area contributed by atoms with Gasteiger partial charge in [-0.05, 0) is 38.5 Å². The van der Waals surface area contributed by atoms with Gasteiger partial charge in [0.25, 0.3) is 0 Å². The van der Waals surface area contributed by atoms with Crippen LogP contribution in [-0.4, -0.2) is 27.2 Å². The number of rotatable bonds is 7. The molecule has 19 heavy (non-hydrogen) atoms. The first-order chi connectivity index (χ1) is 8.74. The molecule has 0 amide bonds. The van der Waals surface area contributed by atoms with Crippen molar-refractivity contribution in [2.24, 2.45) is 5.41 Å². The van der Waals surface area contributed by atoms with Crippen LogP contribution in [0.2, 0.25) is 0 Å². The van der Waals surface area contributed by atoms with Crippen LogP contribution in [-0.2, 0) is 11.3 Å². The van der Waals surface area contributed by atoms with Crippen molar-refractivity contribution in [2.45, 2.75) is 73.0 Å². The average molecular weight is 267 g/mol. The largest absolute Gasteiger partial charge is 0.375 e. The summed E-state index contributed by atoms with van der Waals surface area (Å²) in [6.07, 6.45) is 5.05. The Bertz CT molecular complexity index is 381. The van der Waals surface area contributed by atoms with E-state index >= 15 is 0 Å². The van der Waals surface area contributed by atoms with E-state index in [1.54, 1.807) is 0 Å². The van der Waals surface area contributed by atoms with Gasteiger partial charge >= 0.3 is 0 Å². The second-order valence-corrected chi connectivity index (χ2v) is 6.84. The van der Waals surface area contributed by atoms with Crippen LogP contribution < -0.4 is 0 Å². The maximum atomic E-state index is 6.12. The van der Waals surface area contributed by atoms with Crippen LogP contribution in [0.1, 0.15) is 59.6 Å². The van der Waals surface area contributed by atoms with Gasteiger partial charge in [-0.2, -0.15) is 0 Å². The summed E-state index contributed by atoms with van der Waals surface area (Å²) in [5.41, 5.74) is 1.23. The number of nitrogens with zero attached hydrogens (tertiary/aromatic N) is 3. The summed E-state index contributed by atoms with van der Waals surface area (Å²) in [4.78, 5) is 0. The van der Waals surface area contributed by atoms with Crippen molar-refractivity contribution in [3.05, 3.63) is 11.9 Å². The summed E-state index contributed by atoms with van der Waals surface area (Å²) < 4.78 is 8.02. The molecule has 0 saturated carbocycles. The van der Waals surface area contributed by atoms with Crippen LogP contribution in [0.4, 0.5) is 0 Å². The molecule has 1 rings (SSSR count). The molecule has 4 heteroatoms. The van der Waals surface area contributed by atoms with Crippen LogP contribution in [0, 0.1) is 12.3 Å². The Labute approximate surface area is 117 Å². The zero-order valence-corrected chi connectivity index (χ0v) is 13.4. The van der Waals surface area contributed by atoms with Crippen molar-refractivity contribution >= 4 is 0 Å². The molecule has 110 valence electrons. The summed E-state index contributed by atoms with van der Waals surface area (Å²) in [6.45, 7) is 14.8. The van der Waals surface area contributed by atoms with Crippen molar-refractivity contribution in [3.8, 4) is 0 Å². The summed E-state index contributed by atoms with van der Waals surface area (Å²) >= 11 is 0. The predicted octanol–water partition coefficient (Wildman–Crippen LogP) is 3.60. The molecule has 0 N–H and O–H groups in total. The first-order valence-electron chi connectivity index (χ1n) is 7.25. The van der Waals surface area contributed by atoms with Crippen molar-refractivity contribution in [1.29, 1.82) is 0 Å². The van der Waals surface area contributed by atoms with E-state index in [-0.39, 0.29) is 5.60 Å². The zero-order valence-electron chi connectivity index (χ0n) is 13.4. The Balaban J connectivity index is 2.41. The SMILES string of the molecule is CCC(C)(CCn1cc(C)nn1)OCCC(C)(C)C. The summed E-state index contributed by atoms with van der Waals surface area (Å²) in [5, 5.41) is 8.09. The molecule has 0 aliphatic rings. The second kappa shape index (κ2) is 6.51. The Morgan fingerprint density at radius 3 is 2.37 bits per heavy atom. The lowest BCUT2D eigenvalue weighted by Gasteiger charge is -2.30. The van der Waals surface area contributed by atoms with E-state index in [0.717, 1.165) is 38.1 Å². The molecule has 0 fully saturated rings. The van der Waals surface area contributed by atoms with Crippen molar-refractivity contribution in [1.82, 2.24) is 15.0 Å². The second-order valence-electron chi connectivity index (χ2n) is 6.84. The van der Waals surface area contributed by atoms with Crippen molar-refractivity contribution < 1.29 is 4.74 Å². The van der Waals surface area contributed by atoms with Gasteiger partial charge in [-0.25, -0.2) is 0 Å². The molecule has 0 aromatic carbocycles. The van der Waals surface area contributed by atoms with E-state index in [2.05, 4.69) is 44.9 Å². The van der Waals surface area contributed by atoms with Gasteiger partial charge in [-0.3, -0.25) is 4.68 Å². The van der Waals surface area contributed by atoms with Gasteiger partial charge in [0.2, 0.25) is 0 Å². The molecule has 1 aromatic rings. The minimum atomic E-state index is -0.0644. The lowest BCUT2D eigenvalue weighted by Crippen LogP contribution is -2.31. The van der Waals surface area contributed by atoms with Crippen LogP contribution in [0.25, 0.3) is 0 Å². The van der Waals surface area contributed by atoms with E-state index in [4.69, 9.17) is 4.74 Å². The minimum absolute atomic E-state index is 0.0644. The topological polar surface area (TPSA) is 39.9 Å². The molecule has 0 radical (unpaired) electrons. The van der Waals surface area contributed by atoms with Crippen molar-refractivity contribution in [2.75, 3.05) is 6.61 Å². The molecule has 1 aromatic heterocycles. The standard InChI is InChI=1S/C15H29N3O/c1-7-15(6,19-11-9-14(3,4)5)8-10-18-12-13(2)16-17-18/h12H,7-11H2,1-6H3. The summed E-state index contributed by atoms with van der Waals surface area (Å²) in [5.74, 6) is 0. The average Bonchev–Trinajstić information content (AvgIpc) is 2.71. The Morgan fingerprint density at radius 2 is 1.89 bits per heavy atom.